The van der Waals surface area contributed by atoms with Gasteiger partial charge in [-0.2, -0.15) is 0 Å². The monoisotopic (exact) mass is 196 g/mol. The van der Waals surface area contributed by atoms with Crippen LogP contribution in [0.15, 0.2) is 10.6 Å². The zero-order valence-corrected chi connectivity index (χ0v) is 8.40. The van der Waals surface area contributed by atoms with Crippen molar-refractivity contribution in [2.24, 2.45) is 11.7 Å². The molecular weight excluding hydrogens is 180 g/mol. The third-order valence-corrected chi connectivity index (χ3v) is 2.66. The van der Waals surface area contributed by atoms with Crippen LogP contribution >= 0.6 is 0 Å². The fourth-order valence-corrected chi connectivity index (χ4v) is 1.69. The van der Waals surface area contributed by atoms with E-state index in [1.165, 1.54) is 0 Å². The van der Waals surface area contributed by atoms with Gasteiger partial charge in [0.05, 0.1) is 11.8 Å². The van der Waals surface area contributed by atoms with Crippen LogP contribution in [0.1, 0.15) is 24.3 Å². The first-order valence-electron chi connectivity index (χ1n) is 5.02. The minimum absolute atomic E-state index is 0.369. The van der Waals surface area contributed by atoms with Crippen molar-refractivity contribution in [2.75, 3.05) is 6.54 Å². The number of aromatic nitrogens is 1. The highest BCUT2D eigenvalue weighted by Crippen LogP contribution is 2.29. The molecule has 0 radical (unpaired) electrons. The van der Waals surface area contributed by atoms with E-state index in [9.17, 15) is 0 Å². The van der Waals surface area contributed by atoms with Gasteiger partial charge in [0.2, 0.25) is 0 Å². The molecule has 1 heterocycles. The van der Waals surface area contributed by atoms with Gasteiger partial charge in [-0.25, -0.2) is 0 Å². The second-order valence-electron chi connectivity index (χ2n) is 3.94. The van der Waals surface area contributed by atoms with E-state index in [-0.39, 0.29) is 0 Å². The molecule has 0 atom stereocenters. The first-order chi connectivity index (χ1) is 6.78. The molecule has 2 rings (SSSR count). The molecule has 78 valence electrons. The van der Waals surface area contributed by atoms with Crippen molar-refractivity contribution < 1.29 is 9.26 Å². The van der Waals surface area contributed by atoms with Crippen molar-refractivity contribution in [3.05, 3.63) is 17.5 Å². The molecule has 1 aliphatic rings. The molecule has 14 heavy (non-hydrogen) atoms. The largest absolute Gasteiger partial charge is 0.370 e. The SMILES string of the molecule is Cc1cc(COC2CC(CN)C2)on1. The highest BCUT2D eigenvalue weighted by atomic mass is 16.5. The van der Waals surface area contributed by atoms with Crippen LogP contribution in [0.2, 0.25) is 0 Å². The van der Waals surface area contributed by atoms with E-state index in [2.05, 4.69) is 5.16 Å². The van der Waals surface area contributed by atoms with Gasteiger partial charge in [-0.15, -0.1) is 0 Å². The molecule has 4 heteroatoms. The third-order valence-electron chi connectivity index (χ3n) is 2.66. The number of ether oxygens (including phenoxy) is 1. The fourth-order valence-electron chi connectivity index (χ4n) is 1.69. The van der Waals surface area contributed by atoms with Crippen molar-refractivity contribution >= 4 is 0 Å². The number of hydrogen-bond acceptors (Lipinski definition) is 4. The Morgan fingerprint density at radius 1 is 1.64 bits per heavy atom. The van der Waals surface area contributed by atoms with Crippen LogP contribution in [0, 0.1) is 12.8 Å². The zero-order chi connectivity index (χ0) is 9.97. The van der Waals surface area contributed by atoms with Crippen molar-refractivity contribution in [2.45, 2.75) is 32.5 Å². The molecule has 0 bridgehead atoms. The van der Waals surface area contributed by atoms with Crippen molar-refractivity contribution in [1.82, 2.24) is 5.16 Å². The Bertz CT molecular complexity index is 292. The van der Waals surface area contributed by atoms with E-state index in [1.807, 2.05) is 13.0 Å². The van der Waals surface area contributed by atoms with Crippen LogP contribution in [-0.4, -0.2) is 17.8 Å². The minimum atomic E-state index is 0.369. The Labute approximate surface area is 83.4 Å². The molecule has 1 aromatic rings. The lowest BCUT2D eigenvalue weighted by atomic mass is 9.82. The molecule has 4 nitrogen and oxygen atoms in total. The van der Waals surface area contributed by atoms with Gasteiger partial charge in [0.1, 0.15) is 6.61 Å². The predicted molar refractivity (Wildman–Crippen MR) is 51.6 cm³/mol. The summed E-state index contributed by atoms with van der Waals surface area (Å²) in [4.78, 5) is 0. The Kier molecular flexibility index (Phi) is 2.84. The number of nitrogens with two attached hydrogens (primary N) is 1. The summed E-state index contributed by atoms with van der Waals surface area (Å²) in [6.07, 6.45) is 2.54. The van der Waals surface area contributed by atoms with E-state index >= 15 is 0 Å². The molecule has 0 amide bonds. The summed E-state index contributed by atoms with van der Waals surface area (Å²) < 4.78 is 10.7. The molecule has 0 aliphatic heterocycles. The maximum absolute atomic E-state index is 5.62. The van der Waals surface area contributed by atoms with E-state index in [4.69, 9.17) is 15.0 Å². The second kappa shape index (κ2) is 4.11. The van der Waals surface area contributed by atoms with E-state index < -0.39 is 0 Å². The number of nitrogens with zero attached hydrogens (tertiary/aromatic N) is 1. The molecule has 2 N–H and O–H groups in total. The fraction of sp³-hybridized carbons (Fsp3) is 0.700. The summed E-state index contributed by atoms with van der Waals surface area (Å²) in [5.41, 5.74) is 6.42. The van der Waals surface area contributed by atoms with Gasteiger partial charge >= 0.3 is 0 Å². The molecular formula is C10H16N2O2. The molecule has 1 fully saturated rings. The Balaban J connectivity index is 1.69. The smallest absolute Gasteiger partial charge is 0.162 e. The highest BCUT2D eigenvalue weighted by Gasteiger charge is 2.28. The zero-order valence-electron chi connectivity index (χ0n) is 8.40. The summed E-state index contributed by atoms with van der Waals surface area (Å²) in [5.74, 6) is 1.47. The standard InChI is InChI=1S/C10H16N2O2/c1-7-2-10(14-12-7)6-13-9-3-8(4-9)5-11/h2,8-9H,3-6,11H2,1H3. The summed E-state index contributed by atoms with van der Waals surface area (Å²) in [6.45, 7) is 3.21. The van der Waals surface area contributed by atoms with Crippen molar-refractivity contribution in [1.29, 1.82) is 0 Å². The number of hydrogen-bond donors (Lipinski definition) is 1. The molecule has 1 aliphatic carbocycles. The number of aryl methyl sites for hydroxylation is 1. The van der Waals surface area contributed by atoms with Gasteiger partial charge in [-0.3, -0.25) is 0 Å². The lowest BCUT2D eigenvalue weighted by molar-refractivity contribution is -0.0444. The van der Waals surface area contributed by atoms with Gasteiger partial charge in [0.25, 0.3) is 0 Å². The predicted octanol–water partition coefficient (Wildman–Crippen LogP) is 1.24. The van der Waals surface area contributed by atoms with Gasteiger partial charge in [0.15, 0.2) is 5.76 Å². The third kappa shape index (κ3) is 2.13. The van der Waals surface area contributed by atoms with Crippen LogP contribution < -0.4 is 5.73 Å². The van der Waals surface area contributed by atoms with E-state index in [0.29, 0.717) is 18.6 Å². The number of rotatable bonds is 4. The summed E-state index contributed by atoms with van der Waals surface area (Å²) in [6, 6.07) is 1.90. The van der Waals surface area contributed by atoms with Gasteiger partial charge in [-0.05, 0) is 32.2 Å². The molecule has 0 spiro atoms. The average molecular weight is 196 g/mol. The average Bonchev–Trinajstić information content (AvgIpc) is 2.49. The first-order valence-corrected chi connectivity index (χ1v) is 5.02. The summed E-state index contributed by atoms with van der Waals surface area (Å²) in [5, 5.41) is 3.79. The van der Waals surface area contributed by atoms with Crippen LogP contribution in [0.3, 0.4) is 0 Å². The van der Waals surface area contributed by atoms with Crippen molar-refractivity contribution in [3.63, 3.8) is 0 Å². The maximum Gasteiger partial charge on any atom is 0.162 e. The minimum Gasteiger partial charge on any atom is -0.370 e. The molecule has 0 saturated heterocycles. The molecule has 1 saturated carbocycles. The second-order valence-corrected chi connectivity index (χ2v) is 3.94. The topological polar surface area (TPSA) is 61.3 Å². The van der Waals surface area contributed by atoms with Crippen LogP contribution in [0.4, 0.5) is 0 Å². The summed E-state index contributed by atoms with van der Waals surface area (Å²) >= 11 is 0. The van der Waals surface area contributed by atoms with E-state index in [0.717, 1.165) is 30.8 Å². The van der Waals surface area contributed by atoms with Gasteiger partial charge in [0, 0.05) is 6.07 Å². The lowest BCUT2D eigenvalue weighted by Gasteiger charge is -2.33. The molecule has 1 aromatic heterocycles. The lowest BCUT2D eigenvalue weighted by Crippen LogP contribution is -2.35. The Morgan fingerprint density at radius 3 is 3.00 bits per heavy atom. The molecule has 0 unspecified atom stereocenters. The summed E-state index contributed by atoms with van der Waals surface area (Å²) in [7, 11) is 0. The first kappa shape index (κ1) is 9.68. The van der Waals surface area contributed by atoms with Gasteiger partial charge in [-0.1, -0.05) is 5.16 Å². The maximum atomic E-state index is 5.62. The van der Waals surface area contributed by atoms with Crippen LogP contribution in [-0.2, 0) is 11.3 Å². The van der Waals surface area contributed by atoms with Crippen LogP contribution in [0.25, 0.3) is 0 Å². The highest BCUT2D eigenvalue weighted by molar-refractivity contribution is 5.01. The van der Waals surface area contributed by atoms with E-state index in [1.54, 1.807) is 0 Å². The molecule has 0 aromatic carbocycles. The van der Waals surface area contributed by atoms with Crippen LogP contribution in [0.5, 0.6) is 0 Å². The van der Waals surface area contributed by atoms with Gasteiger partial charge < -0.3 is 15.0 Å². The Morgan fingerprint density at radius 2 is 2.43 bits per heavy atom. The van der Waals surface area contributed by atoms with Crippen molar-refractivity contribution in [3.8, 4) is 0 Å². The normalized spacial score (nSPS) is 26.1. The quantitative estimate of drug-likeness (QED) is 0.787. The Hall–Kier alpha value is -0.870.